The summed E-state index contributed by atoms with van der Waals surface area (Å²) in [5, 5.41) is 0. The average molecular weight is 259 g/mol. The molecule has 0 bridgehead atoms. The number of nitrogens with two attached hydrogens (primary N) is 1. The van der Waals surface area contributed by atoms with Gasteiger partial charge in [0.2, 0.25) is 0 Å². The van der Waals surface area contributed by atoms with Gasteiger partial charge in [0.05, 0.1) is 0 Å². The predicted octanol–water partition coefficient (Wildman–Crippen LogP) is 3.52. The van der Waals surface area contributed by atoms with Gasteiger partial charge in [0, 0.05) is 6.54 Å². The summed E-state index contributed by atoms with van der Waals surface area (Å²) in [6.07, 6.45) is -0.217. The van der Waals surface area contributed by atoms with E-state index in [2.05, 4.69) is 0 Å². The van der Waals surface area contributed by atoms with Gasteiger partial charge in [-0.2, -0.15) is 0 Å². The molecule has 0 amide bonds. The molecule has 2 N–H and O–H groups in total. The summed E-state index contributed by atoms with van der Waals surface area (Å²) in [5.74, 6) is 0.408. The van der Waals surface area contributed by atoms with E-state index >= 15 is 0 Å². The number of ether oxygens (including phenoxy) is 1. The highest BCUT2D eigenvalue weighted by Crippen LogP contribution is 2.25. The maximum Gasteiger partial charge on any atom is 0.136 e. The van der Waals surface area contributed by atoms with Crippen molar-refractivity contribution >= 4 is 0 Å². The SMILES string of the molecule is Cc1cc(OC(CN)c2ccccc2C)ccc1F. The molecule has 19 heavy (non-hydrogen) atoms. The van der Waals surface area contributed by atoms with Crippen LogP contribution in [0.3, 0.4) is 0 Å². The number of hydrogen-bond donors (Lipinski definition) is 1. The van der Waals surface area contributed by atoms with Crippen LogP contribution < -0.4 is 10.5 Å². The molecule has 0 heterocycles. The zero-order chi connectivity index (χ0) is 13.8. The van der Waals surface area contributed by atoms with Crippen molar-refractivity contribution < 1.29 is 9.13 Å². The number of benzene rings is 2. The minimum absolute atomic E-state index is 0.217. The van der Waals surface area contributed by atoms with E-state index in [9.17, 15) is 4.39 Å². The van der Waals surface area contributed by atoms with Crippen LogP contribution in [0, 0.1) is 19.7 Å². The molecule has 2 aromatic rings. The van der Waals surface area contributed by atoms with Gasteiger partial charge < -0.3 is 10.5 Å². The highest BCUT2D eigenvalue weighted by atomic mass is 19.1. The lowest BCUT2D eigenvalue weighted by Gasteiger charge is -2.20. The lowest BCUT2D eigenvalue weighted by molar-refractivity contribution is 0.213. The molecular weight excluding hydrogens is 241 g/mol. The van der Waals surface area contributed by atoms with Crippen LogP contribution in [0.25, 0.3) is 0 Å². The highest BCUT2D eigenvalue weighted by molar-refractivity contribution is 5.32. The first-order chi connectivity index (χ1) is 9.11. The number of rotatable bonds is 4. The van der Waals surface area contributed by atoms with E-state index in [1.807, 2.05) is 31.2 Å². The van der Waals surface area contributed by atoms with Crippen LogP contribution in [-0.2, 0) is 0 Å². The van der Waals surface area contributed by atoms with Crippen LogP contribution >= 0.6 is 0 Å². The van der Waals surface area contributed by atoms with Crippen molar-refractivity contribution in [1.29, 1.82) is 0 Å². The minimum Gasteiger partial charge on any atom is -0.484 e. The number of aryl methyl sites for hydroxylation is 2. The van der Waals surface area contributed by atoms with Gasteiger partial charge in [-0.3, -0.25) is 0 Å². The van der Waals surface area contributed by atoms with Crippen molar-refractivity contribution in [2.75, 3.05) is 6.54 Å². The van der Waals surface area contributed by atoms with Crippen molar-refractivity contribution in [2.24, 2.45) is 5.73 Å². The standard InChI is InChI=1S/C16H18FNO/c1-11-5-3-4-6-14(11)16(10-18)19-13-7-8-15(17)12(2)9-13/h3-9,16H,10,18H2,1-2H3. The van der Waals surface area contributed by atoms with Crippen LogP contribution in [0.2, 0.25) is 0 Å². The Hall–Kier alpha value is -1.87. The van der Waals surface area contributed by atoms with Gasteiger partial charge in [0.1, 0.15) is 17.7 Å². The molecule has 3 heteroatoms. The molecule has 1 unspecified atom stereocenters. The van der Waals surface area contributed by atoms with E-state index in [-0.39, 0.29) is 11.9 Å². The fourth-order valence-corrected chi connectivity index (χ4v) is 2.04. The van der Waals surface area contributed by atoms with Crippen molar-refractivity contribution in [3.8, 4) is 5.75 Å². The molecule has 0 fully saturated rings. The van der Waals surface area contributed by atoms with Crippen molar-refractivity contribution in [1.82, 2.24) is 0 Å². The summed E-state index contributed by atoms with van der Waals surface area (Å²) in [6, 6.07) is 12.7. The van der Waals surface area contributed by atoms with Gasteiger partial charge >= 0.3 is 0 Å². The first-order valence-corrected chi connectivity index (χ1v) is 6.30. The summed E-state index contributed by atoms with van der Waals surface area (Å²) in [5.41, 5.74) is 8.56. The van der Waals surface area contributed by atoms with E-state index < -0.39 is 0 Å². The minimum atomic E-state index is -0.229. The van der Waals surface area contributed by atoms with E-state index in [4.69, 9.17) is 10.5 Å². The third-order valence-corrected chi connectivity index (χ3v) is 3.16. The van der Waals surface area contributed by atoms with Gasteiger partial charge in [-0.1, -0.05) is 24.3 Å². The average Bonchev–Trinajstić information content (AvgIpc) is 2.41. The Bertz CT molecular complexity index is 568. The fraction of sp³-hybridized carbons (Fsp3) is 0.250. The van der Waals surface area contributed by atoms with Crippen LogP contribution in [0.1, 0.15) is 22.8 Å². The largest absolute Gasteiger partial charge is 0.484 e. The number of halogens is 1. The third-order valence-electron chi connectivity index (χ3n) is 3.16. The third kappa shape index (κ3) is 3.12. The quantitative estimate of drug-likeness (QED) is 0.911. The summed E-state index contributed by atoms with van der Waals surface area (Å²) < 4.78 is 19.1. The monoisotopic (exact) mass is 259 g/mol. The summed E-state index contributed by atoms with van der Waals surface area (Å²) in [4.78, 5) is 0. The maximum absolute atomic E-state index is 13.2. The first kappa shape index (κ1) is 13.6. The molecule has 2 rings (SSSR count). The van der Waals surface area contributed by atoms with Crippen molar-refractivity contribution in [3.05, 3.63) is 65.0 Å². The van der Waals surface area contributed by atoms with Crippen LogP contribution in [0.15, 0.2) is 42.5 Å². The normalized spacial score (nSPS) is 12.2. The lowest BCUT2D eigenvalue weighted by Crippen LogP contribution is -2.19. The zero-order valence-electron chi connectivity index (χ0n) is 11.2. The summed E-state index contributed by atoms with van der Waals surface area (Å²) in [6.45, 7) is 4.12. The van der Waals surface area contributed by atoms with Gasteiger partial charge in [0.25, 0.3) is 0 Å². The maximum atomic E-state index is 13.2. The fourth-order valence-electron chi connectivity index (χ4n) is 2.04. The van der Waals surface area contributed by atoms with Gasteiger partial charge in [0.15, 0.2) is 0 Å². The lowest BCUT2D eigenvalue weighted by atomic mass is 10.0. The Morgan fingerprint density at radius 1 is 1.11 bits per heavy atom. The summed E-state index contributed by atoms with van der Waals surface area (Å²) in [7, 11) is 0. The molecule has 0 aliphatic heterocycles. The second-order valence-electron chi connectivity index (χ2n) is 4.61. The molecule has 0 radical (unpaired) electrons. The topological polar surface area (TPSA) is 35.2 Å². The predicted molar refractivity (Wildman–Crippen MR) is 74.7 cm³/mol. The van der Waals surface area contributed by atoms with Gasteiger partial charge in [-0.05, 0) is 48.7 Å². The van der Waals surface area contributed by atoms with Gasteiger partial charge in [-0.15, -0.1) is 0 Å². The molecule has 100 valence electrons. The van der Waals surface area contributed by atoms with Gasteiger partial charge in [-0.25, -0.2) is 4.39 Å². The Morgan fingerprint density at radius 3 is 2.47 bits per heavy atom. The van der Waals surface area contributed by atoms with E-state index in [0.717, 1.165) is 11.1 Å². The number of hydrogen-bond acceptors (Lipinski definition) is 2. The molecular formula is C16H18FNO. The van der Waals surface area contributed by atoms with Crippen molar-refractivity contribution in [2.45, 2.75) is 20.0 Å². The molecule has 0 spiro atoms. The van der Waals surface area contributed by atoms with Crippen LogP contribution in [-0.4, -0.2) is 6.54 Å². The summed E-state index contributed by atoms with van der Waals surface area (Å²) >= 11 is 0. The molecule has 0 saturated heterocycles. The molecule has 0 aliphatic carbocycles. The second kappa shape index (κ2) is 5.85. The van der Waals surface area contributed by atoms with E-state index in [0.29, 0.717) is 17.9 Å². The van der Waals surface area contributed by atoms with E-state index in [1.54, 1.807) is 19.1 Å². The molecule has 1 atom stereocenters. The van der Waals surface area contributed by atoms with Crippen LogP contribution in [0.5, 0.6) is 5.75 Å². The molecule has 2 nitrogen and oxygen atoms in total. The first-order valence-electron chi connectivity index (χ1n) is 6.30. The molecule has 0 aliphatic rings. The Kier molecular flexibility index (Phi) is 4.17. The Morgan fingerprint density at radius 2 is 1.84 bits per heavy atom. The van der Waals surface area contributed by atoms with Crippen molar-refractivity contribution in [3.63, 3.8) is 0 Å². The highest BCUT2D eigenvalue weighted by Gasteiger charge is 2.14. The Balaban J connectivity index is 2.24. The molecule has 0 aromatic heterocycles. The zero-order valence-corrected chi connectivity index (χ0v) is 11.2. The molecule has 2 aromatic carbocycles. The van der Waals surface area contributed by atoms with E-state index in [1.165, 1.54) is 6.07 Å². The van der Waals surface area contributed by atoms with Crippen LogP contribution in [0.4, 0.5) is 4.39 Å². The smallest absolute Gasteiger partial charge is 0.136 e. The molecule has 0 saturated carbocycles. The Labute approximate surface area is 113 Å². The second-order valence-corrected chi connectivity index (χ2v) is 4.61.